The Kier molecular flexibility index (Phi) is 8.92. The number of amides is 1. The zero-order valence-electron chi connectivity index (χ0n) is 15.9. The van der Waals surface area contributed by atoms with Crippen molar-refractivity contribution in [2.24, 2.45) is 10.7 Å². The molecule has 0 aromatic heterocycles. The summed E-state index contributed by atoms with van der Waals surface area (Å²) in [7, 11) is 1.63. The van der Waals surface area contributed by atoms with Gasteiger partial charge in [0, 0.05) is 7.05 Å². The monoisotopic (exact) mass is 377 g/mol. The van der Waals surface area contributed by atoms with Crippen LogP contribution >= 0.6 is 0 Å². The Morgan fingerprint density at radius 2 is 1.63 bits per heavy atom. The first kappa shape index (κ1) is 22.1. The van der Waals surface area contributed by atoms with Gasteiger partial charge >= 0.3 is 6.61 Å². The molecule has 0 aliphatic carbocycles. The minimum absolute atomic E-state index is 0.0753. The van der Waals surface area contributed by atoms with Crippen molar-refractivity contribution in [3.8, 4) is 5.75 Å². The fraction of sp³-hybridized carbons (Fsp3) is 0.300. The van der Waals surface area contributed by atoms with Crippen LogP contribution in [0.15, 0.2) is 59.6 Å². The minimum Gasteiger partial charge on any atom is -0.435 e. The summed E-state index contributed by atoms with van der Waals surface area (Å²) < 4.78 is 27.6. The molecule has 0 spiro atoms. The third-order valence-electron chi connectivity index (χ3n) is 3.59. The molecule has 146 valence electrons. The van der Waals surface area contributed by atoms with Crippen LogP contribution in [0.25, 0.3) is 0 Å². The quantitative estimate of drug-likeness (QED) is 0.874. The first-order valence-corrected chi connectivity index (χ1v) is 8.56. The fourth-order valence-corrected chi connectivity index (χ4v) is 2.21. The van der Waals surface area contributed by atoms with E-state index in [9.17, 15) is 13.6 Å². The van der Waals surface area contributed by atoms with Gasteiger partial charge in [0.25, 0.3) is 5.91 Å². The number of hydrogen-bond donors (Lipinski definition) is 1. The number of hydrogen-bond acceptors (Lipinski definition) is 4. The second kappa shape index (κ2) is 10.9. The molecule has 3 rings (SSSR count). The van der Waals surface area contributed by atoms with E-state index in [0.29, 0.717) is 5.56 Å². The van der Waals surface area contributed by atoms with Gasteiger partial charge in [0.15, 0.2) is 12.0 Å². The number of aliphatic imine (C=N–C) groups is 1. The Morgan fingerprint density at radius 1 is 1.07 bits per heavy atom. The highest BCUT2D eigenvalue weighted by Gasteiger charge is 2.31. The SMILES string of the molecule is CC.CN1C(=O)[C@@H](c2ccccc2)N=C1N.Cc1ccccc1OC(F)F. The number of carbonyl (C=O) groups excluding carboxylic acids is 1. The predicted octanol–water partition coefficient (Wildman–Crippen LogP) is 4.14. The highest BCUT2D eigenvalue weighted by molar-refractivity contribution is 6.04. The Bertz CT molecular complexity index is 752. The van der Waals surface area contributed by atoms with Gasteiger partial charge in [0.1, 0.15) is 5.75 Å². The molecule has 0 radical (unpaired) electrons. The fourth-order valence-electron chi connectivity index (χ4n) is 2.21. The summed E-state index contributed by atoms with van der Waals surface area (Å²) in [5.41, 5.74) is 7.15. The second-order valence-corrected chi connectivity index (χ2v) is 5.34. The minimum atomic E-state index is -2.74. The molecule has 7 heteroatoms. The number of likely N-dealkylation sites (N-methyl/N-ethyl adjacent to an activating group) is 1. The van der Waals surface area contributed by atoms with Gasteiger partial charge in [-0.3, -0.25) is 9.69 Å². The summed E-state index contributed by atoms with van der Waals surface area (Å²) in [5, 5.41) is 0. The number of rotatable bonds is 3. The maximum atomic E-state index is 11.7. The van der Waals surface area contributed by atoms with Gasteiger partial charge in [-0.25, -0.2) is 4.99 Å². The number of aryl methyl sites for hydroxylation is 1. The van der Waals surface area contributed by atoms with Crippen molar-refractivity contribution in [1.82, 2.24) is 4.90 Å². The van der Waals surface area contributed by atoms with Gasteiger partial charge < -0.3 is 10.5 Å². The van der Waals surface area contributed by atoms with Crippen LogP contribution in [-0.4, -0.2) is 30.4 Å². The molecule has 27 heavy (non-hydrogen) atoms. The number of carbonyl (C=O) groups is 1. The second-order valence-electron chi connectivity index (χ2n) is 5.34. The van der Waals surface area contributed by atoms with Crippen molar-refractivity contribution in [2.75, 3.05) is 7.05 Å². The molecule has 0 unspecified atom stereocenters. The van der Waals surface area contributed by atoms with E-state index in [0.717, 1.165) is 5.56 Å². The molecule has 1 atom stereocenters. The highest BCUT2D eigenvalue weighted by atomic mass is 19.3. The Labute approximate surface area is 158 Å². The molecule has 0 fully saturated rings. The standard InChI is InChI=1S/C10H11N3O.C8H8F2O.C2H6/c1-13-9(14)8(12-10(13)11)7-5-3-2-4-6-7;1-6-4-2-3-5-7(6)11-8(9)10;1-2/h2-6,8H,1H3,(H2,11,12);2-5,8H,1H3;1-2H3/t8-;;/m1../s1. The molecular weight excluding hydrogens is 352 g/mol. The van der Waals surface area contributed by atoms with Crippen LogP contribution in [0.1, 0.15) is 31.0 Å². The molecule has 1 aliphatic rings. The number of nitrogens with zero attached hydrogens (tertiary/aromatic N) is 2. The third kappa shape index (κ3) is 6.36. The lowest BCUT2D eigenvalue weighted by Gasteiger charge is -2.09. The van der Waals surface area contributed by atoms with E-state index >= 15 is 0 Å². The number of para-hydroxylation sites is 1. The molecule has 0 saturated carbocycles. The van der Waals surface area contributed by atoms with Gasteiger partial charge in [0.2, 0.25) is 0 Å². The summed E-state index contributed by atoms with van der Waals surface area (Å²) in [6.07, 6.45) is 0. The van der Waals surface area contributed by atoms with Crippen LogP contribution in [0.2, 0.25) is 0 Å². The van der Waals surface area contributed by atoms with Crippen molar-refractivity contribution in [3.63, 3.8) is 0 Å². The van der Waals surface area contributed by atoms with Crippen LogP contribution in [0, 0.1) is 6.92 Å². The average Bonchev–Trinajstić information content (AvgIpc) is 2.94. The van der Waals surface area contributed by atoms with Gasteiger partial charge in [-0.15, -0.1) is 0 Å². The van der Waals surface area contributed by atoms with E-state index in [2.05, 4.69) is 9.73 Å². The Hall–Kier alpha value is -2.96. The van der Waals surface area contributed by atoms with Crippen molar-refractivity contribution in [1.29, 1.82) is 0 Å². The Balaban J connectivity index is 0.000000254. The topological polar surface area (TPSA) is 67.9 Å². The molecule has 5 nitrogen and oxygen atoms in total. The van der Waals surface area contributed by atoms with Gasteiger partial charge in [-0.05, 0) is 24.1 Å². The van der Waals surface area contributed by atoms with Crippen LogP contribution < -0.4 is 10.5 Å². The number of benzene rings is 2. The van der Waals surface area contributed by atoms with Crippen molar-refractivity contribution < 1.29 is 18.3 Å². The molecule has 1 amide bonds. The summed E-state index contributed by atoms with van der Waals surface area (Å²) in [6.45, 7) is 2.98. The summed E-state index contributed by atoms with van der Waals surface area (Å²) in [6, 6.07) is 15.6. The van der Waals surface area contributed by atoms with E-state index < -0.39 is 12.7 Å². The lowest BCUT2D eigenvalue weighted by atomic mass is 10.1. The number of halogens is 2. The molecule has 2 aromatic carbocycles. The number of alkyl halides is 2. The van der Waals surface area contributed by atoms with Crippen molar-refractivity contribution >= 4 is 11.9 Å². The molecule has 2 N–H and O–H groups in total. The largest absolute Gasteiger partial charge is 0.435 e. The summed E-state index contributed by atoms with van der Waals surface area (Å²) in [4.78, 5) is 17.1. The average molecular weight is 377 g/mol. The van der Waals surface area contributed by atoms with Crippen molar-refractivity contribution in [2.45, 2.75) is 33.4 Å². The van der Waals surface area contributed by atoms with E-state index in [1.54, 1.807) is 32.2 Å². The van der Waals surface area contributed by atoms with Gasteiger partial charge in [-0.1, -0.05) is 62.4 Å². The molecule has 1 heterocycles. The zero-order chi connectivity index (χ0) is 20.4. The van der Waals surface area contributed by atoms with Gasteiger partial charge in [0.05, 0.1) is 0 Å². The van der Waals surface area contributed by atoms with Crippen LogP contribution in [0.3, 0.4) is 0 Å². The number of ether oxygens (including phenoxy) is 1. The van der Waals surface area contributed by atoms with Crippen LogP contribution in [0.4, 0.5) is 8.78 Å². The molecule has 0 bridgehead atoms. The highest BCUT2D eigenvalue weighted by Crippen LogP contribution is 2.23. The maximum absolute atomic E-state index is 11.7. The van der Waals surface area contributed by atoms with E-state index in [1.165, 1.54) is 11.0 Å². The smallest absolute Gasteiger partial charge is 0.387 e. The summed E-state index contributed by atoms with van der Waals surface area (Å²) >= 11 is 0. The zero-order valence-corrected chi connectivity index (χ0v) is 15.9. The number of nitrogens with two attached hydrogens (primary N) is 1. The third-order valence-corrected chi connectivity index (χ3v) is 3.59. The number of guanidine groups is 1. The van der Waals surface area contributed by atoms with Gasteiger partial charge in [-0.2, -0.15) is 8.78 Å². The first-order valence-electron chi connectivity index (χ1n) is 8.56. The Morgan fingerprint density at radius 3 is 2.11 bits per heavy atom. The normalized spacial score (nSPS) is 15.4. The maximum Gasteiger partial charge on any atom is 0.387 e. The summed E-state index contributed by atoms with van der Waals surface area (Å²) in [5.74, 6) is 0.444. The van der Waals surface area contributed by atoms with E-state index in [-0.39, 0.29) is 17.6 Å². The van der Waals surface area contributed by atoms with Crippen molar-refractivity contribution in [3.05, 3.63) is 65.7 Å². The molecule has 1 aliphatic heterocycles. The molecular formula is C20H25F2N3O2. The lowest BCUT2D eigenvalue weighted by Crippen LogP contribution is -2.34. The van der Waals surface area contributed by atoms with Crippen LogP contribution in [0.5, 0.6) is 5.75 Å². The van der Waals surface area contributed by atoms with E-state index in [4.69, 9.17) is 5.73 Å². The molecule has 2 aromatic rings. The first-order chi connectivity index (χ1) is 12.9. The van der Waals surface area contributed by atoms with E-state index in [1.807, 2.05) is 44.2 Å². The predicted molar refractivity (Wildman–Crippen MR) is 103 cm³/mol. The lowest BCUT2D eigenvalue weighted by molar-refractivity contribution is -0.126. The van der Waals surface area contributed by atoms with Crippen LogP contribution in [-0.2, 0) is 4.79 Å². The molecule has 0 saturated heterocycles.